The monoisotopic (exact) mass is 353 g/mol. The van der Waals surface area contributed by atoms with Crippen molar-refractivity contribution < 1.29 is 8.42 Å². The predicted molar refractivity (Wildman–Crippen MR) is 103 cm³/mol. The van der Waals surface area contributed by atoms with Gasteiger partial charge in [-0.1, -0.05) is 59.1 Å². The van der Waals surface area contributed by atoms with Gasteiger partial charge in [-0.05, 0) is 56.2 Å². The number of unbranched alkanes of at least 4 members (excludes halogenated alkanes) is 3. The fourth-order valence-corrected chi connectivity index (χ4v) is 4.79. The highest BCUT2D eigenvalue weighted by Crippen LogP contribution is 2.28. The molecule has 0 fully saturated rings. The number of benzene rings is 1. The molecule has 0 aliphatic heterocycles. The molecule has 0 saturated carbocycles. The van der Waals surface area contributed by atoms with E-state index in [4.69, 9.17) is 0 Å². The Morgan fingerprint density at radius 3 is 2.00 bits per heavy atom. The van der Waals surface area contributed by atoms with Gasteiger partial charge in [0.25, 0.3) is 0 Å². The molecule has 3 nitrogen and oxygen atoms in total. The first-order valence-corrected chi connectivity index (χ1v) is 10.6. The lowest BCUT2D eigenvalue weighted by Gasteiger charge is -2.33. The molecule has 0 aliphatic carbocycles. The number of sulfonamides is 1. The van der Waals surface area contributed by atoms with Crippen LogP contribution in [0, 0.1) is 5.41 Å². The second kappa shape index (κ2) is 8.48. The van der Waals surface area contributed by atoms with Gasteiger partial charge in [0.15, 0.2) is 0 Å². The lowest BCUT2D eigenvalue weighted by atomic mass is 9.82. The number of aryl methyl sites for hydroxylation is 1. The van der Waals surface area contributed by atoms with Crippen LogP contribution in [0.5, 0.6) is 0 Å². The third-order valence-corrected chi connectivity index (χ3v) is 5.65. The minimum Gasteiger partial charge on any atom is -0.207 e. The maximum atomic E-state index is 12.6. The van der Waals surface area contributed by atoms with Gasteiger partial charge in [-0.2, -0.15) is 0 Å². The average Bonchev–Trinajstić information content (AvgIpc) is 2.40. The van der Waals surface area contributed by atoms with Crippen LogP contribution in [0.4, 0.5) is 0 Å². The average molecular weight is 354 g/mol. The van der Waals surface area contributed by atoms with E-state index in [1.165, 1.54) is 24.8 Å². The molecule has 1 aromatic rings. The zero-order valence-corrected chi connectivity index (χ0v) is 17.1. The number of nitrogens with one attached hydrogen (secondary N) is 1. The molecule has 4 heteroatoms. The Bertz CT molecular complexity index is 596. The van der Waals surface area contributed by atoms with E-state index in [2.05, 4.69) is 32.4 Å². The molecule has 0 saturated heterocycles. The zero-order chi connectivity index (χ0) is 18.4. The molecular formula is C20H35NO2S. The van der Waals surface area contributed by atoms with Crippen molar-refractivity contribution in [1.82, 2.24) is 4.72 Å². The Labute approximate surface area is 149 Å². The molecule has 0 aliphatic rings. The number of rotatable bonds is 9. The summed E-state index contributed by atoms with van der Waals surface area (Å²) in [6.45, 7) is 12.5. The summed E-state index contributed by atoms with van der Waals surface area (Å²) in [5.41, 5.74) is 0.795. The molecule has 24 heavy (non-hydrogen) atoms. The van der Waals surface area contributed by atoms with E-state index in [0.29, 0.717) is 4.90 Å². The molecule has 0 unspecified atom stereocenters. The van der Waals surface area contributed by atoms with Crippen LogP contribution >= 0.6 is 0 Å². The molecule has 1 N–H and O–H groups in total. The van der Waals surface area contributed by atoms with Gasteiger partial charge in [0.1, 0.15) is 0 Å². The lowest BCUT2D eigenvalue weighted by molar-refractivity contribution is 0.269. The molecule has 0 amide bonds. The fourth-order valence-electron chi connectivity index (χ4n) is 3.38. The number of hydrogen-bond donors (Lipinski definition) is 1. The third kappa shape index (κ3) is 7.80. The van der Waals surface area contributed by atoms with Crippen LogP contribution in [-0.4, -0.2) is 14.0 Å². The number of hydrogen-bond acceptors (Lipinski definition) is 2. The largest absolute Gasteiger partial charge is 0.241 e. The Morgan fingerprint density at radius 2 is 1.50 bits per heavy atom. The van der Waals surface area contributed by atoms with Crippen LogP contribution in [0.3, 0.4) is 0 Å². The zero-order valence-electron chi connectivity index (χ0n) is 16.3. The van der Waals surface area contributed by atoms with E-state index in [-0.39, 0.29) is 5.41 Å². The van der Waals surface area contributed by atoms with Crippen molar-refractivity contribution >= 4 is 10.0 Å². The molecule has 0 heterocycles. The highest BCUT2D eigenvalue weighted by molar-refractivity contribution is 7.89. The first kappa shape index (κ1) is 21.2. The first-order valence-electron chi connectivity index (χ1n) is 9.08. The minimum absolute atomic E-state index is 0.0639. The molecule has 0 aromatic heterocycles. The summed E-state index contributed by atoms with van der Waals surface area (Å²) >= 11 is 0. The van der Waals surface area contributed by atoms with Gasteiger partial charge < -0.3 is 0 Å². The van der Waals surface area contributed by atoms with Crippen molar-refractivity contribution in [2.75, 3.05) is 0 Å². The van der Waals surface area contributed by atoms with E-state index in [1.807, 2.05) is 26.0 Å². The minimum atomic E-state index is -3.49. The quantitative estimate of drug-likeness (QED) is 0.612. The van der Waals surface area contributed by atoms with Crippen molar-refractivity contribution in [3.05, 3.63) is 29.8 Å². The van der Waals surface area contributed by atoms with Crippen molar-refractivity contribution in [3.63, 3.8) is 0 Å². The van der Waals surface area contributed by atoms with Gasteiger partial charge in [0.2, 0.25) is 10.0 Å². The van der Waals surface area contributed by atoms with Gasteiger partial charge in [-0.25, -0.2) is 13.1 Å². The summed E-state index contributed by atoms with van der Waals surface area (Å²) in [5, 5.41) is 0. The first-order chi connectivity index (χ1) is 11.0. The Kier molecular flexibility index (Phi) is 7.48. The van der Waals surface area contributed by atoms with E-state index < -0.39 is 15.6 Å². The van der Waals surface area contributed by atoms with Gasteiger partial charge in [-0.15, -0.1) is 0 Å². The third-order valence-electron chi connectivity index (χ3n) is 3.94. The molecule has 138 valence electrons. The Hall–Kier alpha value is -0.870. The lowest BCUT2D eigenvalue weighted by Crippen LogP contribution is -2.45. The second-order valence-corrected chi connectivity index (χ2v) is 10.4. The van der Waals surface area contributed by atoms with Crippen molar-refractivity contribution in [2.24, 2.45) is 5.41 Å². The van der Waals surface area contributed by atoms with Crippen LogP contribution in [0.25, 0.3) is 0 Å². The van der Waals surface area contributed by atoms with E-state index in [9.17, 15) is 8.42 Å². The van der Waals surface area contributed by atoms with Gasteiger partial charge in [0.05, 0.1) is 4.90 Å². The predicted octanol–water partition coefficient (Wildman–Crippen LogP) is 5.30. The summed E-state index contributed by atoms with van der Waals surface area (Å²) in [6.07, 6.45) is 6.68. The second-order valence-electron chi connectivity index (χ2n) is 8.68. The van der Waals surface area contributed by atoms with Crippen LogP contribution < -0.4 is 4.72 Å². The molecule has 0 radical (unpaired) electrons. The maximum Gasteiger partial charge on any atom is 0.241 e. The van der Waals surface area contributed by atoms with Crippen molar-refractivity contribution in [2.45, 2.75) is 90.5 Å². The van der Waals surface area contributed by atoms with Crippen molar-refractivity contribution in [1.29, 1.82) is 0 Å². The molecular weight excluding hydrogens is 318 g/mol. The Morgan fingerprint density at radius 1 is 0.917 bits per heavy atom. The molecule has 1 rings (SSSR count). The summed E-state index contributed by atoms with van der Waals surface area (Å²) in [6, 6.07) is 7.34. The van der Waals surface area contributed by atoms with Crippen LogP contribution in [0.1, 0.15) is 79.2 Å². The van der Waals surface area contributed by atoms with Crippen LogP contribution in [0.2, 0.25) is 0 Å². The Balaban J connectivity index is 2.73. The molecule has 0 spiro atoms. The SMILES string of the molecule is CCCCCCc1ccc(S(=O)(=O)NC(C)(C)CC(C)(C)C)cc1. The van der Waals surface area contributed by atoms with E-state index >= 15 is 0 Å². The summed E-state index contributed by atoms with van der Waals surface area (Å²) in [5.74, 6) is 0. The highest BCUT2D eigenvalue weighted by Gasteiger charge is 2.30. The van der Waals surface area contributed by atoms with E-state index in [1.54, 1.807) is 12.1 Å². The van der Waals surface area contributed by atoms with Crippen LogP contribution in [0.15, 0.2) is 29.2 Å². The molecule has 1 aromatic carbocycles. The summed E-state index contributed by atoms with van der Waals surface area (Å²) in [7, 11) is -3.49. The van der Waals surface area contributed by atoms with Gasteiger partial charge in [-0.3, -0.25) is 0 Å². The topological polar surface area (TPSA) is 46.2 Å². The standard InChI is InChI=1S/C20H35NO2S/c1-7-8-9-10-11-17-12-14-18(15-13-17)24(22,23)21-20(5,6)16-19(2,3)4/h12-15,21H,7-11,16H2,1-6H3. The molecule has 0 bridgehead atoms. The maximum absolute atomic E-state index is 12.6. The summed E-state index contributed by atoms with van der Waals surface area (Å²) in [4.78, 5) is 0.349. The van der Waals surface area contributed by atoms with Gasteiger partial charge >= 0.3 is 0 Å². The summed E-state index contributed by atoms with van der Waals surface area (Å²) < 4.78 is 28.1. The highest BCUT2D eigenvalue weighted by atomic mass is 32.2. The van der Waals surface area contributed by atoms with Crippen LogP contribution in [-0.2, 0) is 16.4 Å². The van der Waals surface area contributed by atoms with Gasteiger partial charge in [0, 0.05) is 5.54 Å². The molecule has 0 atom stereocenters. The fraction of sp³-hybridized carbons (Fsp3) is 0.700. The van der Waals surface area contributed by atoms with Crippen molar-refractivity contribution in [3.8, 4) is 0 Å². The smallest absolute Gasteiger partial charge is 0.207 e. The van der Waals surface area contributed by atoms with E-state index in [0.717, 1.165) is 19.3 Å². The normalized spacial score (nSPS) is 13.2.